The van der Waals surface area contributed by atoms with Gasteiger partial charge in [0.15, 0.2) is 4.75 Å². The summed E-state index contributed by atoms with van der Waals surface area (Å²) in [6, 6.07) is 11.9. The highest BCUT2D eigenvalue weighted by Gasteiger charge is 2.53. The Kier molecular flexibility index (Phi) is 5.98. The van der Waals surface area contributed by atoms with E-state index in [2.05, 4.69) is 0 Å². The van der Waals surface area contributed by atoms with E-state index < -0.39 is 31.9 Å². The number of halogens is 4. The van der Waals surface area contributed by atoms with Crippen LogP contribution in [0.25, 0.3) is 0 Å². The summed E-state index contributed by atoms with van der Waals surface area (Å²) in [6.45, 7) is 0. The van der Waals surface area contributed by atoms with Crippen molar-refractivity contribution in [1.29, 1.82) is 0 Å². The molecule has 0 amide bonds. The van der Waals surface area contributed by atoms with E-state index in [1.165, 1.54) is 42.5 Å². The molecule has 3 rings (SSSR count). The Hall–Kier alpha value is -1.67. The van der Waals surface area contributed by atoms with Crippen LogP contribution in [0.15, 0.2) is 54.6 Å². The highest BCUT2D eigenvalue weighted by atomic mass is 35.5. The van der Waals surface area contributed by atoms with E-state index in [-0.39, 0.29) is 31.2 Å². The van der Waals surface area contributed by atoms with Crippen LogP contribution >= 0.6 is 46.4 Å². The Morgan fingerprint density at radius 2 is 1.38 bits per heavy atom. The van der Waals surface area contributed by atoms with Gasteiger partial charge in [0, 0.05) is 26.7 Å². The summed E-state index contributed by atoms with van der Waals surface area (Å²) in [5.41, 5.74) is -0.836. The molecule has 0 radical (unpaired) electrons. The Morgan fingerprint density at radius 1 is 0.759 bits per heavy atom. The summed E-state index contributed by atoms with van der Waals surface area (Å²) in [4.78, 5) is 0. The van der Waals surface area contributed by atoms with Crippen molar-refractivity contribution in [2.45, 2.75) is 4.75 Å². The van der Waals surface area contributed by atoms with E-state index >= 15 is 0 Å². The summed E-state index contributed by atoms with van der Waals surface area (Å²) >= 11 is 24.8. The molecule has 0 aliphatic heterocycles. The molecule has 5 nitrogen and oxygen atoms in total. The third kappa shape index (κ3) is 3.54. The van der Waals surface area contributed by atoms with Crippen LogP contribution in [0.2, 0.25) is 20.1 Å². The first-order chi connectivity index (χ1) is 13.5. The molecule has 0 saturated heterocycles. The monoisotopic (exact) mass is 492 g/mol. The van der Waals surface area contributed by atoms with Crippen LogP contribution in [0.5, 0.6) is 11.5 Å². The Balaban J connectivity index is 2.68. The van der Waals surface area contributed by atoms with Crippen LogP contribution in [0.3, 0.4) is 0 Å². The van der Waals surface area contributed by atoms with Gasteiger partial charge in [-0.3, -0.25) is 4.55 Å². The minimum atomic E-state index is -5.17. The lowest BCUT2D eigenvalue weighted by Gasteiger charge is -2.35. The van der Waals surface area contributed by atoms with Crippen LogP contribution < -0.4 is 0 Å². The molecule has 0 aliphatic rings. The third-order valence-electron chi connectivity index (χ3n) is 4.38. The number of benzene rings is 3. The fourth-order valence-corrected chi connectivity index (χ4v) is 5.98. The maximum absolute atomic E-state index is 13.0. The molecule has 3 aromatic carbocycles. The van der Waals surface area contributed by atoms with Crippen LogP contribution in [0.1, 0.15) is 16.7 Å². The van der Waals surface area contributed by atoms with Gasteiger partial charge >= 0.3 is 0 Å². The predicted molar refractivity (Wildman–Crippen MR) is 114 cm³/mol. The highest BCUT2D eigenvalue weighted by Crippen LogP contribution is 2.54. The van der Waals surface area contributed by atoms with Crippen molar-refractivity contribution >= 4 is 56.5 Å². The van der Waals surface area contributed by atoms with Crippen molar-refractivity contribution in [3.63, 3.8) is 0 Å². The van der Waals surface area contributed by atoms with Crippen LogP contribution in [0, 0.1) is 0 Å². The number of hydrogen-bond acceptors (Lipinski definition) is 4. The zero-order valence-corrected chi connectivity index (χ0v) is 18.1. The van der Waals surface area contributed by atoms with E-state index in [0.29, 0.717) is 0 Å². The van der Waals surface area contributed by atoms with Gasteiger partial charge in [-0.1, -0.05) is 76.7 Å². The number of hydrogen-bond donors (Lipinski definition) is 3. The molecule has 29 heavy (non-hydrogen) atoms. The van der Waals surface area contributed by atoms with Crippen molar-refractivity contribution in [3.05, 3.63) is 91.4 Å². The molecule has 10 heteroatoms. The number of phenols is 2. The van der Waals surface area contributed by atoms with Gasteiger partial charge in [-0.15, -0.1) is 0 Å². The van der Waals surface area contributed by atoms with Gasteiger partial charge in [0.1, 0.15) is 11.5 Å². The van der Waals surface area contributed by atoms with Gasteiger partial charge in [0.2, 0.25) is 0 Å². The number of rotatable bonds is 4. The lowest BCUT2D eigenvalue weighted by Crippen LogP contribution is -2.39. The maximum Gasteiger partial charge on any atom is 0.283 e. The van der Waals surface area contributed by atoms with E-state index in [1.807, 2.05) is 0 Å². The zero-order valence-electron chi connectivity index (χ0n) is 14.3. The average molecular weight is 494 g/mol. The van der Waals surface area contributed by atoms with Gasteiger partial charge in [-0.2, -0.15) is 8.42 Å². The second-order valence-corrected chi connectivity index (χ2v) is 9.25. The molecule has 0 saturated carbocycles. The van der Waals surface area contributed by atoms with Crippen molar-refractivity contribution in [2.75, 3.05) is 0 Å². The largest absolute Gasteiger partial charge is 0.507 e. The molecule has 0 aromatic heterocycles. The van der Waals surface area contributed by atoms with Gasteiger partial charge in [0.05, 0.1) is 10.0 Å². The standard InChI is InChI=1S/C19H12Cl4O5S/c20-10-8-14(22)17(16(25)9-10)19(29(26,27)28,11-4-1-2-6-13(11)21)12-5-3-7-15(24)18(12)23/h1-9,24-25H,(H,26,27,28). The second-order valence-electron chi connectivity index (χ2n) is 6.06. The fraction of sp³-hybridized carbons (Fsp3) is 0.0526. The molecule has 0 spiro atoms. The highest BCUT2D eigenvalue weighted by molar-refractivity contribution is 7.87. The number of aromatic hydroxyl groups is 2. The summed E-state index contributed by atoms with van der Waals surface area (Å²) in [5.74, 6) is -1.08. The molecular formula is C19H12Cl4O5S. The van der Waals surface area contributed by atoms with Crippen molar-refractivity contribution < 1.29 is 23.2 Å². The molecule has 152 valence electrons. The molecule has 0 heterocycles. The van der Waals surface area contributed by atoms with Crippen LogP contribution in [-0.4, -0.2) is 23.2 Å². The topological polar surface area (TPSA) is 94.8 Å². The summed E-state index contributed by atoms with van der Waals surface area (Å²) in [5, 5.41) is 20.1. The van der Waals surface area contributed by atoms with Crippen LogP contribution in [-0.2, 0) is 14.9 Å². The van der Waals surface area contributed by atoms with E-state index in [4.69, 9.17) is 46.4 Å². The summed E-state index contributed by atoms with van der Waals surface area (Å²) < 4.78 is 34.0. The molecule has 0 aliphatic carbocycles. The van der Waals surface area contributed by atoms with Gasteiger partial charge in [-0.05, 0) is 24.3 Å². The quantitative estimate of drug-likeness (QED) is 0.311. The first kappa shape index (κ1) is 22.0. The fourth-order valence-electron chi connectivity index (χ4n) is 3.27. The third-order valence-corrected chi connectivity index (χ3v) is 7.04. The molecule has 1 unspecified atom stereocenters. The maximum atomic E-state index is 13.0. The van der Waals surface area contributed by atoms with Crippen LogP contribution in [0.4, 0.5) is 0 Å². The van der Waals surface area contributed by atoms with E-state index in [0.717, 1.165) is 6.07 Å². The van der Waals surface area contributed by atoms with E-state index in [1.54, 1.807) is 6.07 Å². The normalized spacial score (nSPS) is 13.8. The Labute approximate surface area is 186 Å². The van der Waals surface area contributed by atoms with Crippen molar-refractivity contribution in [2.24, 2.45) is 0 Å². The lowest BCUT2D eigenvalue weighted by atomic mass is 9.83. The number of phenolic OH excluding ortho intramolecular Hbond substituents is 2. The first-order valence-corrected chi connectivity index (χ1v) is 10.9. The predicted octanol–water partition coefficient (Wildman–Crippen LogP) is 5.89. The zero-order chi connectivity index (χ0) is 21.6. The molecule has 0 bridgehead atoms. The minimum absolute atomic E-state index is 0.0293. The smallest absolute Gasteiger partial charge is 0.283 e. The molecule has 1 atom stereocenters. The molecule has 3 N–H and O–H groups in total. The summed E-state index contributed by atoms with van der Waals surface area (Å²) in [7, 11) is -5.17. The van der Waals surface area contributed by atoms with Gasteiger partial charge in [-0.25, -0.2) is 0 Å². The molecule has 3 aromatic rings. The minimum Gasteiger partial charge on any atom is -0.507 e. The van der Waals surface area contributed by atoms with Gasteiger partial charge < -0.3 is 10.2 Å². The van der Waals surface area contributed by atoms with Crippen molar-refractivity contribution in [1.82, 2.24) is 0 Å². The van der Waals surface area contributed by atoms with Gasteiger partial charge in [0.25, 0.3) is 10.1 Å². The SMILES string of the molecule is O=S(=O)(O)C(c1ccccc1Cl)(c1cccc(O)c1Cl)c1c(O)cc(Cl)cc1Cl. The average Bonchev–Trinajstić information content (AvgIpc) is 2.60. The first-order valence-electron chi connectivity index (χ1n) is 7.90. The van der Waals surface area contributed by atoms with Crippen molar-refractivity contribution in [3.8, 4) is 11.5 Å². The second kappa shape index (κ2) is 7.87. The Morgan fingerprint density at radius 3 is 1.97 bits per heavy atom. The molecular weight excluding hydrogens is 482 g/mol. The lowest BCUT2D eigenvalue weighted by molar-refractivity contribution is 0.439. The summed E-state index contributed by atoms with van der Waals surface area (Å²) in [6.07, 6.45) is 0. The Bertz CT molecular complexity index is 1190. The van der Waals surface area contributed by atoms with E-state index in [9.17, 15) is 23.2 Å². The molecule has 0 fully saturated rings.